The lowest BCUT2D eigenvalue weighted by Crippen LogP contribution is -2.51. The molecule has 2 aliphatic rings. The van der Waals surface area contributed by atoms with Crippen LogP contribution in [0.15, 0.2) is 59.8 Å². The average molecular weight is 495 g/mol. The molecule has 2 aromatic carbocycles. The minimum Gasteiger partial charge on any atom is -0.497 e. The Morgan fingerprint density at radius 3 is 2.39 bits per heavy atom. The fraction of sp³-hybridized carbons (Fsp3) is 0.407. The van der Waals surface area contributed by atoms with Gasteiger partial charge < -0.3 is 29.7 Å². The van der Waals surface area contributed by atoms with Crippen molar-refractivity contribution in [1.29, 1.82) is 0 Å². The summed E-state index contributed by atoms with van der Waals surface area (Å²) in [5.74, 6) is 1.01. The number of urea groups is 1. The van der Waals surface area contributed by atoms with E-state index in [1.807, 2.05) is 43.3 Å². The molecule has 0 bridgehead atoms. The number of para-hydroxylation sites is 1. The van der Waals surface area contributed by atoms with Crippen LogP contribution < -0.4 is 25.0 Å². The first-order valence-corrected chi connectivity index (χ1v) is 12.3. The second-order valence-corrected chi connectivity index (χ2v) is 8.58. The molecule has 0 saturated carbocycles. The number of hydrogen-bond acceptors (Lipinski definition) is 7. The van der Waals surface area contributed by atoms with Crippen molar-refractivity contribution in [2.75, 3.05) is 57.9 Å². The van der Waals surface area contributed by atoms with Gasteiger partial charge in [-0.15, -0.1) is 0 Å². The topological polar surface area (TPSA) is 92.4 Å². The summed E-state index contributed by atoms with van der Waals surface area (Å²) in [6, 6.07) is 14.5. The van der Waals surface area contributed by atoms with Crippen molar-refractivity contribution in [1.82, 2.24) is 15.5 Å². The molecule has 0 aromatic heterocycles. The summed E-state index contributed by atoms with van der Waals surface area (Å²) in [6.45, 7) is 8.05. The van der Waals surface area contributed by atoms with Crippen LogP contribution in [0.3, 0.4) is 0 Å². The highest BCUT2D eigenvalue weighted by Gasteiger charge is 2.36. The first-order valence-electron chi connectivity index (χ1n) is 12.3. The number of piperazine rings is 1. The van der Waals surface area contributed by atoms with Gasteiger partial charge in [-0.3, -0.25) is 4.90 Å². The number of rotatable bonds is 9. The van der Waals surface area contributed by atoms with Crippen LogP contribution in [0, 0.1) is 0 Å². The van der Waals surface area contributed by atoms with Crippen molar-refractivity contribution < 1.29 is 23.8 Å². The van der Waals surface area contributed by atoms with E-state index >= 15 is 0 Å². The zero-order valence-corrected chi connectivity index (χ0v) is 21.1. The summed E-state index contributed by atoms with van der Waals surface area (Å²) >= 11 is 0. The maximum Gasteiger partial charge on any atom is 0.338 e. The van der Waals surface area contributed by atoms with E-state index in [4.69, 9.17) is 14.2 Å². The minimum atomic E-state index is -0.670. The number of methoxy groups -OCH3 is 1. The van der Waals surface area contributed by atoms with Crippen LogP contribution in [0.1, 0.15) is 25.5 Å². The molecule has 2 heterocycles. The number of carbonyl (C=O) groups excluding carboxylic acids is 2. The van der Waals surface area contributed by atoms with Gasteiger partial charge in [0.25, 0.3) is 0 Å². The third-order valence-corrected chi connectivity index (χ3v) is 6.37. The molecule has 36 heavy (non-hydrogen) atoms. The van der Waals surface area contributed by atoms with E-state index in [9.17, 15) is 9.59 Å². The molecule has 1 saturated heterocycles. The molecule has 1 fully saturated rings. The monoisotopic (exact) mass is 494 g/mol. The Hall–Kier alpha value is -3.72. The Bertz CT molecular complexity index is 1090. The van der Waals surface area contributed by atoms with Gasteiger partial charge in [-0.05, 0) is 44.2 Å². The zero-order valence-electron chi connectivity index (χ0n) is 21.1. The van der Waals surface area contributed by atoms with E-state index in [-0.39, 0.29) is 12.6 Å². The van der Waals surface area contributed by atoms with Crippen molar-refractivity contribution in [2.24, 2.45) is 0 Å². The van der Waals surface area contributed by atoms with Crippen LogP contribution >= 0.6 is 0 Å². The van der Waals surface area contributed by atoms with E-state index in [1.165, 1.54) is 0 Å². The van der Waals surface area contributed by atoms with E-state index in [0.29, 0.717) is 30.2 Å². The summed E-state index contributed by atoms with van der Waals surface area (Å²) < 4.78 is 16.5. The van der Waals surface area contributed by atoms with Crippen molar-refractivity contribution in [3.05, 3.63) is 65.4 Å². The normalized spacial score (nSPS) is 18.4. The van der Waals surface area contributed by atoms with Crippen LogP contribution in [0.5, 0.6) is 11.5 Å². The highest BCUT2D eigenvalue weighted by Crippen LogP contribution is 2.34. The number of esters is 1. The highest BCUT2D eigenvalue weighted by molar-refractivity contribution is 5.95. The Kier molecular flexibility index (Phi) is 8.32. The lowest BCUT2D eigenvalue weighted by molar-refractivity contribution is -0.139. The van der Waals surface area contributed by atoms with Crippen LogP contribution in [-0.2, 0) is 9.53 Å². The standard InChI is InChI=1S/C27H34N4O5/c1-4-35-23-9-7-6-8-21(23)25-24(26(32)36-5-2)22(28-27(33)29-25)18-30-14-16-31(17-15-30)19-10-12-20(34-3)13-11-19/h6-13,25H,4-5,14-18H2,1-3H3,(H2,28,29,33). The van der Waals surface area contributed by atoms with Crippen molar-refractivity contribution in [2.45, 2.75) is 19.9 Å². The quantitative estimate of drug-likeness (QED) is 0.518. The summed E-state index contributed by atoms with van der Waals surface area (Å²) in [7, 11) is 1.66. The fourth-order valence-electron chi connectivity index (χ4n) is 4.61. The number of anilines is 1. The van der Waals surface area contributed by atoms with Gasteiger partial charge in [0.15, 0.2) is 0 Å². The molecule has 9 heteroatoms. The molecule has 0 aliphatic carbocycles. The largest absolute Gasteiger partial charge is 0.497 e. The Morgan fingerprint density at radius 2 is 1.72 bits per heavy atom. The number of amides is 2. The molecule has 9 nitrogen and oxygen atoms in total. The predicted molar refractivity (Wildman–Crippen MR) is 137 cm³/mol. The zero-order chi connectivity index (χ0) is 25.5. The molecule has 1 unspecified atom stereocenters. The molecule has 2 N–H and O–H groups in total. The number of nitrogens with zero attached hydrogens (tertiary/aromatic N) is 2. The molecule has 2 aliphatic heterocycles. The van der Waals surface area contributed by atoms with Crippen molar-refractivity contribution in [3.63, 3.8) is 0 Å². The third-order valence-electron chi connectivity index (χ3n) is 6.37. The maximum atomic E-state index is 13.1. The van der Waals surface area contributed by atoms with E-state index < -0.39 is 12.0 Å². The van der Waals surface area contributed by atoms with Crippen LogP contribution in [0.25, 0.3) is 0 Å². The molecule has 4 rings (SSSR count). The SMILES string of the molecule is CCOC(=O)C1=C(CN2CCN(c3ccc(OC)cc3)CC2)NC(=O)NC1c1ccccc1OCC. The van der Waals surface area contributed by atoms with Gasteiger partial charge in [0.2, 0.25) is 0 Å². The maximum absolute atomic E-state index is 13.1. The molecular weight excluding hydrogens is 460 g/mol. The van der Waals surface area contributed by atoms with Gasteiger partial charge in [-0.2, -0.15) is 0 Å². The third kappa shape index (κ3) is 5.73. The summed E-state index contributed by atoms with van der Waals surface area (Å²) in [4.78, 5) is 30.4. The lowest BCUT2D eigenvalue weighted by Gasteiger charge is -2.38. The highest BCUT2D eigenvalue weighted by atomic mass is 16.5. The molecule has 1 atom stereocenters. The molecule has 0 spiro atoms. The van der Waals surface area contributed by atoms with Gasteiger partial charge in [-0.25, -0.2) is 9.59 Å². The van der Waals surface area contributed by atoms with Crippen molar-refractivity contribution in [3.8, 4) is 11.5 Å². The van der Waals surface area contributed by atoms with Gasteiger partial charge in [0.05, 0.1) is 31.9 Å². The lowest BCUT2D eigenvalue weighted by atomic mass is 9.94. The predicted octanol–water partition coefficient (Wildman–Crippen LogP) is 3.09. The Labute approximate surface area is 212 Å². The number of hydrogen-bond donors (Lipinski definition) is 2. The van der Waals surface area contributed by atoms with Gasteiger partial charge in [-0.1, -0.05) is 18.2 Å². The summed E-state index contributed by atoms with van der Waals surface area (Å²) in [5.41, 5.74) is 2.83. The molecule has 2 aromatic rings. The van der Waals surface area contributed by atoms with E-state index in [1.54, 1.807) is 14.0 Å². The van der Waals surface area contributed by atoms with Crippen LogP contribution in [0.2, 0.25) is 0 Å². The minimum absolute atomic E-state index is 0.240. The Balaban J connectivity index is 1.56. The second-order valence-electron chi connectivity index (χ2n) is 8.58. The van der Waals surface area contributed by atoms with Gasteiger partial charge in [0, 0.05) is 49.7 Å². The van der Waals surface area contributed by atoms with Gasteiger partial charge in [0.1, 0.15) is 11.5 Å². The molecule has 192 valence electrons. The molecular formula is C27H34N4O5. The van der Waals surface area contributed by atoms with Crippen molar-refractivity contribution >= 4 is 17.7 Å². The first kappa shape index (κ1) is 25.4. The second kappa shape index (κ2) is 11.8. The van der Waals surface area contributed by atoms with E-state index in [0.717, 1.165) is 43.2 Å². The first-order chi connectivity index (χ1) is 17.5. The van der Waals surface area contributed by atoms with Gasteiger partial charge >= 0.3 is 12.0 Å². The Morgan fingerprint density at radius 1 is 1.00 bits per heavy atom. The summed E-state index contributed by atoms with van der Waals surface area (Å²) in [6.07, 6.45) is 0. The number of ether oxygens (including phenoxy) is 3. The smallest absolute Gasteiger partial charge is 0.338 e. The molecule has 2 amide bonds. The number of benzene rings is 2. The fourth-order valence-corrected chi connectivity index (χ4v) is 4.61. The van der Waals surface area contributed by atoms with Crippen LogP contribution in [-0.4, -0.2) is 69.9 Å². The van der Waals surface area contributed by atoms with Crippen LogP contribution in [0.4, 0.5) is 10.5 Å². The number of nitrogens with one attached hydrogen (secondary N) is 2. The molecule has 0 radical (unpaired) electrons. The van der Waals surface area contributed by atoms with E-state index in [2.05, 4.69) is 32.6 Å². The number of carbonyl (C=O) groups is 2. The summed E-state index contributed by atoms with van der Waals surface area (Å²) in [5, 5.41) is 5.78. The average Bonchev–Trinajstić information content (AvgIpc) is 2.89.